The van der Waals surface area contributed by atoms with Gasteiger partial charge in [-0.15, -0.1) is 0 Å². The Labute approximate surface area is 77.4 Å². The van der Waals surface area contributed by atoms with Crippen molar-refractivity contribution in [1.29, 1.82) is 0 Å². The van der Waals surface area contributed by atoms with E-state index in [1.807, 2.05) is 0 Å². The van der Waals surface area contributed by atoms with Crippen LogP contribution < -0.4 is 0 Å². The van der Waals surface area contributed by atoms with Crippen molar-refractivity contribution in [3.63, 3.8) is 0 Å². The van der Waals surface area contributed by atoms with Crippen molar-refractivity contribution in [3.05, 3.63) is 23.7 Å². The fourth-order valence-electron chi connectivity index (χ4n) is 1.15. The molecule has 1 aliphatic carbocycles. The van der Waals surface area contributed by atoms with E-state index in [0.29, 0.717) is 17.9 Å². The molecule has 0 amide bonds. The van der Waals surface area contributed by atoms with Gasteiger partial charge >= 0.3 is 0 Å². The molecule has 0 saturated carbocycles. The van der Waals surface area contributed by atoms with Crippen LogP contribution in [0, 0.1) is 0 Å². The molecule has 1 atom stereocenters. The summed E-state index contributed by atoms with van der Waals surface area (Å²) in [6.45, 7) is 0. The molecule has 13 heavy (non-hydrogen) atoms. The standard InChI is InChI=1S/C9H14O4/c1-11-7-4-8(12-2)6-9(10,5-7)13-3/h4-5,10H,6H2,1-3H3. The minimum Gasteiger partial charge on any atom is -0.501 e. The van der Waals surface area contributed by atoms with Gasteiger partial charge in [-0.1, -0.05) is 0 Å². The molecule has 0 spiro atoms. The molecule has 0 aromatic carbocycles. The van der Waals surface area contributed by atoms with E-state index >= 15 is 0 Å². The predicted molar refractivity (Wildman–Crippen MR) is 46.8 cm³/mol. The maximum absolute atomic E-state index is 9.78. The molecule has 0 aliphatic heterocycles. The van der Waals surface area contributed by atoms with Crippen LogP contribution in [0.5, 0.6) is 0 Å². The van der Waals surface area contributed by atoms with Crippen LogP contribution in [0.4, 0.5) is 0 Å². The van der Waals surface area contributed by atoms with Crippen molar-refractivity contribution in [1.82, 2.24) is 0 Å². The molecule has 0 aromatic rings. The van der Waals surface area contributed by atoms with Crippen LogP contribution in [0.2, 0.25) is 0 Å². The summed E-state index contributed by atoms with van der Waals surface area (Å²) in [5, 5.41) is 9.78. The first-order valence-electron chi connectivity index (χ1n) is 3.92. The third-order valence-electron chi connectivity index (χ3n) is 1.95. The lowest BCUT2D eigenvalue weighted by molar-refractivity contribution is -0.152. The van der Waals surface area contributed by atoms with Crippen molar-refractivity contribution in [3.8, 4) is 0 Å². The maximum atomic E-state index is 9.78. The van der Waals surface area contributed by atoms with E-state index in [9.17, 15) is 5.11 Å². The van der Waals surface area contributed by atoms with Gasteiger partial charge < -0.3 is 19.3 Å². The van der Waals surface area contributed by atoms with Crippen LogP contribution in [0.25, 0.3) is 0 Å². The molecule has 0 fully saturated rings. The number of hydrogen-bond acceptors (Lipinski definition) is 4. The monoisotopic (exact) mass is 186 g/mol. The molecule has 1 aliphatic rings. The van der Waals surface area contributed by atoms with Crippen molar-refractivity contribution >= 4 is 0 Å². The van der Waals surface area contributed by atoms with Gasteiger partial charge in [-0.3, -0.25) is 0 Å². The molecule has 1 N–H and O–H groups in total. The lowest BCUT2D eigenvalue weighted by atomic mass is 10.1. The van der Waals surface area contributed by atoms with Gasteiger partial charge in [0.15, 0.2) is 5.79 Å². The zero-order valence-corrected chi connectivity index (χ0v) is 8.03. The van der Waals surface area contributed by atoms with Crippen LogP contribution in [-0.4, -0.2) is 32.2 Å². The first-order valence-corrected chi connectivity index (χ1v) is 3.92. The number of methoxy groups -OCH3 is 3. The predicted octanol–water partition coefficient (Wildman–Crippen LogP) is 0.786. The molecule has 0 bridgehead atoms. The Balaban J connectivity index is 2.88. The first kappa shape index (κ1) is 10.1. The molecule has 1 rings (SSSR count). The molecular weight excluding hydrogens is 172 g/mol. The summed E-state index contributed by atoms with van der Waals surface area (Å²) in [4.78, 5) is 0. The summed E-state index contributed by atoms with van der Waals surface area (Å²) in [5.74, 6) is -0.151. The highest BCUT2D eigenvalue weighted by atomic mass is 16.6. The summed E-state index contributed by atoms with van der Waals surface area (Å²) >= 11 is 0. The zero-order valence-electron chi connectivity index (χ0n) is 8.03. The average Bonchev–Trinajstić information content (AvgIpc) is 2.17. The van der Waals surface area contributed by atoms with E-state index in [-0.39, 0.29) is 0 Å². The Bertz CT molecular complexity index is 244. The first-order chi connectivity index (χ1) is 6.13. The molecule has 0 saturated heterocycles. The fourth-order valence-corrected chi connectivity index (χ4v) is 1.15. The summed E-state index contributed by atoms with van der Waals surface area (Å²) < 4.78 is 14.9. The molecule has 4 heteroatoms. The van der Waals surface area contributed by atoms with E-state index in [0.717, 1.165) is 0 Å². The molecule has 0 aromatic heterocycles. The van der Waals surface area contributed by atoms with E-state index in [2.05, 4.69) is 0 Å². The van der Waals surface area contributed by atoms with Gasteiger partial charge in [0.1, 0.15) is 11.5 Å². The number of hydrogen-bond donors (Lipinski definition) is 1. The quantitative estimate of drug-likeness (QED) is 0.662. The Hall–Kier alpha value is -1.00. The second-order valence-corrected chi connectivity index (χ2v) is 2.79. The summed E-state index contributed by atoms with van der Waals surface area (Å²) in [6.07, 6.45) is 3.52. The smallest absolute Gasteiger partial charge is 0.195 e. The van der Waals surface area contributed by atoms with Crippen LogP contribution in [0.1, 0.15) is 6.42 Å². The minimum absolute atomic E-state index is 0.298. The van der Waals surface area contributed by atoms with Crippen molar-refractivity contribution < 1.29 is 19.3 Å². The topological polar surface area (TPSA) is 47.9 Å². The fraction of sp³-hybridized carbons (Fsp3) is 0.556. The number of aliphatic hydroxyl groups is 1. The Kier molecular flexibility index (Phi) is 2.95. The Morgan fingerprint density at radius 1 is 1.31 bits per heavy atom. The van der Waals surface area contributed by atoms with E-state index in [4.69, 9.17) is 14.2 Å². The molecular formula is C9H14O4. The van der Waals surface area contributed by atoms with Crippen LogP contribution in [0.3, 0.4) is 0 Å². The van der Waals surface area contributed by atoms with E-state index in [1.54, 1.807) is 13.2 Å². The molecule has 0 radical (unpaired) electrons. The Morgan fingerprint density at radius 3 is 2.46 bits per heavy atom. The third kappa shape index (κ3) is 2.23. The third-order valence-corrected chi connectivity index (χ3v) is 1.95. The SMILES string of the molecule is COC1=CC(O)(OC)CC(OC)=C1. The molecule has 4 nitrogen and oxygen atoms in total. The largest absolute Gasteiger partial charge is 0.501 e. The Morgan fingerprint density at radius 2 is 2.00 bits per heavy atom. The lowest BCUT2D eigenvalue weighted by Crippen LogP contribution is -2.31. The number of rotatable bonds is 3. The van der Waals surface area contributed by atoms with Gasteiger partial charge in [-0.2, -0.15) is 0 Å². The van der Waals surface area contributed by atoms with Crippen molar-refractivity contribution in [2.75, 3.05) is 21.3 Å². The van der Waals surface area contributed by atoms with Gasteiger partial charge in [-0.05, 0) is 0 Å². The van der Waals surface area contributed by atoms with Gasteiger partial charge in [0.05, 0.1) is 20.6 Å². The second kappa shape index (κ2) is 3.81. The van der Waals surface area contributed by atoms with E-state index < -0.39 is 5.79 Å². The highest BCUT2D eigenvalue weighted by Gasteiger charge is 2.30. The molecule has 1 unspecified atom stereocenters. The lowest BCUT2D eigenvalue weighted by Gasteiger charge is -2.27. The summed E-state index contributed by atoms with van der Waals surface area (Å²) in [7, 11) is 4.50. The van der Waals surface area contributed by atoms with Gasteiger partial charge in [0.2, 0.25) is 0 Å². The number of ether oxygens (including phenoxy) is 3. The van der Waals surface area contributed by atoms with Crippen LogP contribution >= 0.6 is 0 Å². The zero-order chi connectivity index (χ0) is 9.90. The average molecular weight is 186 g/mol. The van der Waals surface area contributed by atoms with E-state index in [1.165, 1.54) is 20.3 Å². The maximum Gasteiger partial charge on any atom is 0.195 e. The van der Waals surface area contributed by atoms with Crippen molar-refractivity contribution in [2.45, 2.75) is 12.2 Å². The van der Waals surface area contributed by atoms with Gasteiger partial charge in [0, 0.05) is 19.3 Å². The summed E-state index contributed by atoms with van der Waals surface area (Å²) in [6, 6.07) is 0. The van der Waals surface area contributed by atoms with Gasteiger partial charge in [0.25, 0.3) is 0 Å². The van der Waals surface area contributed by atoms with Crippen LogP contribution in [-0.2, 0) is 14.2 Å². The highest BCUT2D eigenvalue weighted by molar-refractivity contribution is 5.25. The minimum atomic E-state index is -1.31. The molecule has 0 heterocycles. The second-order valence-electron chi connectivity index (χ2n) is 2.79. The van der Waals surface area contributed by atoms with Crippen LogP contribution in [0.15, 0.2) is 23.7 Å². The highest BCUT2D eigenvalue weighted by Crippen LogP contribution is 2.27. The summed E-state index contributed by atoms with van der Waals surface area (Å²) in [5.41, 5.74) is 0. The van der Waals surface area contributed by atoms with Crippen molar-refractivity contribution in [2.24, 2.45) is 0 Å². The normalized spacial score (nSPS) is 27.7. The van der Waals surface area contributed by atoms with Gasteiger partial charge in [-0.25, -0.2) is 0 Å². The number of allylic oxidation sites excluding steroid dienone is 1. The molecule has 74 valence electrons.